The van der Waals surface area contributed by atoms with Crippen molar-refractivity contribution in [3.05, 3.63) is 64.2 Å². The zero-order valence-corrected chi connectivity index (χ0v) is 25.6. The van der Waals surface area contributed by atoms with Crippen LogP contribution in [-0.4, -0.2) is 30.6 Å². The molecule has 31 heavy (non-hydrogen) atoms. The minimum atomic E-state index is -1.32. The van der Waals surface area contributed by atoms with Crippen molar-refractivity contribution in [2.45, 2.75) is 48.6 Å². The molecule has 0 radical (unpaired) electrons. The van der Waals surface area contributed by atoms with Gasteiger partial charge in [-0.15, -0.1) is 12.0 Å². The Labute approximate surface area is 215 Å². The van der Waals surface area contributed by atoms with Crippen LogP contribution >= 0.6 is 47.8 Å². The van der Waals surface area contributed by atoms with Crippen LogP contribution in [0.4, 0.5) is 0 Å². The molecule has 2 unspecified atom stereocenters. The highest BCUT2D eigenvalue weighted by Crippen LogP contribution is 2.35. The van der Waals surface area contributed by atoms with Gasteiger partial charge in [-0.25, -0.2) is 0 Å². The topological polar surface area (TPSA) is 25.8 Å². The van der Waals surface area contributed by atoms with Gasteiger partial charge in [0.1, 0.15) is 8.07 Å². The van der Waals surface area contributed by atoms with E-state index in [2.05, 4.69) is 127 Å². The third kappa shape index (κ3) is 10.9. The van der Waals surface area contributed by atoms with Crippen molar-refractivity contribution in [3.63, 3.8) is 0 Å². The molecule has 0 aliphatic heterocycles. The van der Waals surface area contributed by atoms with E-state index in [1.807, 2.05) is 24.4 Å². The first-order chi connectivity index (χ1) is 14.4. The Morgan fingerprint density at radius 2 is 1.55 bits per heavy atom. The smallest absolute Gasteiger partial charge is 0.129 e. The van der Waals surface area contributed by atoms with E-state index in [0.717, 1.165) is 22.5 Å². The number of alkyl halides is 2. The average molecular weight is 641 g/mol. The highest BCUT2D eigenvalue weighted by atomic mass is 79.9. The Balaban J connectivity index is 0.000000367. The maximum atomic E-state index is 5.16. The molecule has 0 fully saturated rings. The predicted octanol–water partition coefficient (Wildman–Crippen LogP) is 7.82. The van der Waals surface area contributed by atoms with Crippen molar-refractivity contribution in [3.8, 4) is 23.8 Å². The molecule has 2 aromatic heterocycles. The number of hydrogen-bond donors (Lipinski definition) is 0. The van der Waals surface area contributed by atoms with Gasteiger partial charge in [-0.2, -0.15) is 0 Å². The van der Waals surface area contributed by atoms with Gasteiger partial charge in [-0.3, -0.25) is 9.97 Å². The van der Waals surface area contributed by atoms with Crippen LogP contribution in [-0.2, 0) is 0 Å². The van der Waals surface area contributed by atoms with E-state index in [4.69, 9.17) is 6.42 Å². The van der Waals surface area contributed by atoms with Gasteiger partial charge >= 0.3 is 0 Å². The van der Waals surface area contributed by atoms with E-state index in [0.29, 0.717) is 4.45 Å². The quantitative estimate of drug-likeness (QED) is 0.194. The summed E-state index contributed by atoms with van der Waals surface area (Å²) in [7, 11) is -2.57. The second kappa shape index (κ2) is 12.9. The molecule has 2 aromatic rings. The number of halogens is 3. The molecule has 0 spiro atoms. The number of nitrogens with zero attached hydrogens (tertiary/aromatic N) is 2. The van der Waals surface area contributed by atoms with Crippen molar-refractivity contribution in [1.29, 1.82) is 0 Å². The average Bonchev–Trinajstić information content (AvgIpc) is 2.71. The van der Waals surface area contributed by atoms with Crippen LogP contribution in [0.1, 0.15) is 27.3 Å². The minimum absolute atomic E-state index is 0.258. The van der Waals surface area contributed by atoms with Crippen molar-refractivity contribution in [2.24, 2.45) is 0 Å². The first kappa shape index (κ1) is 28.1. The summed E-state index contributed by atoms with van der Waals surface area (Å²) < 4.78 is 0.460. The van der Waals surface area contributed by atoms with Crippen molar-refractivity contribution < 1.29 is 0 Å². The van der Waals surface area contributed by atoms with Gasteiger partial charge in [-0.1, -0.05) is 98.9 Å². The molecule has 7 heteroatoms. The molecule has 2 atom stereocenters. The molecular formula is C24H29Br3N2Si2. The lowest BCUT2D eigenvalue weighted by Crippen LogP contribution is -2.36. The molecule has 0 aliphatic carbocycles. The Hall–Kier alpha value is -0.966. The monoisotopic (exact) mass is 638 g/mol. The number of aromatic nitrogens is 2. The molecule has 2 nitrogen and oxygen atoms in total. The zero-order chi connectivity index (χ0) is 23.7. The number of terminal acetylenes is 1. The molecule has 164 valence electrons. The lowest BCUT2D eigenvalue weighted by Gasteiger charge is -2.27. The molecule has 0 bridgehead atoms. The van der Waals surface area contributed by atoms with Gasteiger partial charge in [0.25, 0.3) is 0 Å². The molecule has 0 aliphatic rings. The molecule has 0 N–H and O–H groups in total. The van der Waals surface area contributed by atoms with E-state index < -0.39 is 16.1 Å². The van der Waals surface area contributed by atoms with Gasteiger partial charge in [0.05, 0.1) is 24.3 Å². The van der Waals surface area contributed by atoms with Crippen LogP contribution in [0.5, 0.6) is 0 Å². The normalized spacial score (nSPS) is 13.3. The third-order valence-electron chi connectivity index (χ3n) is 3.92. The lowest BCUT2D eigenvalue weighted by molar-refractivity contribution is 0.980. The van der Waals surface area contributed by atoms with Crippen molar-refractivity contribution >= 4 is 70.0 Å². The predicted molar refractivity (Wildman–Crippen MR) is 152 cm³/mol. The Morgan fingerprint density at radius 1 is 0.935 bits per heavy atom. The third-order valence-corrected chi connectivity index (χ3v) is 13.9. The summed E-state index contributed by atoms with van der Waals surface area (Å²) in [6, 6.07) is 7.89. The van der Waals surface area contributed by atoms with Crippen LogP contribution in [0, 0.1) is 23.8 Å². The second-order valence-electron chi connectivity index (χ2n) is 9.05. The van der Waals surface area contributed by atoms with Crippen molar-refractivity contribution in [2.75, 3.05) is 0 Å². The summed E-state index contributed by atoms with van der Waals surface area (Å²) in [4.78, 5) is 10.7. The molecular weight excluding hydrogens is 612 g/mol. The van der Waals surface area contributed by atoms with Gasteiger partial charge in [0.2, 0.25) is 0 Å². The molecule has 2 heterocycles. The van der Waals surface area contributed by atoms with Gasteiger partial charge in [-0.05, 0) is 35.3 Å². The molecule has 0 amide bonds. The fourth-order valence-corrected chi connectivity index (χ4v) is 6.90. The SMILES string of the molecule is C#Cc1ccc(/C=C/Br)nc1.C[Si](C)(C)C#Cc1ccc(C(Br)C(Br)[Si](C)(C)C)nc1. The summed E-state index contributed by atoms with van der Waals surface area (Å²) in [6.07, 6.45) is 10.6. The fourth-order valence-electron chi connectivity index (χ4n) is 2.14. The van der Waals surface area contributed by atoms with Gasteiger partial charge in [0.15, 0.2) is 0 Å². The van der Waals surface area contributed by atoms with Gasteiger partial charge < -0.3 is 0 Å². The Kier molecular flexibility index (Phi) is 11.7. The molecule has 0 saturated carbocycles. The minimum Gasteiger partial charge on any atom is -0.259 e. The van der Waals surface area contributed by atoms with Crippen LogP contribution in [0.15, 0.2) is 41.6 Å². The molecule has 2 rings (SSSR count). The van der Waals surface area contributed by atoms with Gasteiger partial charge in [0, 0.05) is 28.0 Å². The summed E-state index contributed by atoms with van der Waals surface area (Å²) >= 11 is 10.8. The van der Waals surface area contributed by atoms with E-state index in [9.17, 15) is 0 Å². The number of rotatable bonds is 4. The standard InChI is InChI=1S/C15H23Br2NSi2.C9H6BrN/c1-19(2,3)10-9-12-7-8-13(18-11-12)14(16)15(17)20(4,5)6;1-2-8-3-4-9(5-6-10)11-7-8/h7-8,11,14-15H,1-6H3;1,3-7H/b;6-5+. The summed E-state index contributed by atoms with van der Waals surface area (Å²) in [5.41, 5.74) is 7.15. The van der Waals surface area contributed by atoms with E-state index in [1.54, 1.807) is 11.2 Å². The second-order valence-corrected chi connectivity index (χ2v) is 22.5. The molecule has 0 saturated heterocycles. The van der Waals surface area contributed by atoms with E-state index in [1.165, 1.54) is 0 Å². The maximum Gasteiger partial charge on any atom is 0.129 e. The lowest BCUT2D eigenvalue weighted by atomic mass is 10.2. The Morgan fingerprint density at radius 3 is 1.97 bits per heavy atom. The summed E-state index contributed by atoms with van der Waals surface area (Å²) in [5, 5.41) is 0. The zero-order valence-electron chi connectivity index (χ0n) is 18.9. The van der Waals surface area contributed by atoms with E-state index in [-0.39, 0.29) is 4.83 Å². The summed E-state index contributed by atoms with van der Waals surface area (Å²) in [6.45, 7) is 13.8. The Bertz CT molecular complexity index is 956. The maximum absolute atomic E-state index is 5.16. The van der Waals surface area contributed by atoms with E-state index >= 15 is 0 Å². The highest BCUT2D eigenvalue weighted by molar-refractivity contribution is 9.12. The summed E-state index contributed by atoms with van der Waals surface area (Å²) in [5.74, 6) is 5.74. The number of hydrogen-bond acceptors (Lipinski definition) is 2. The van der Waals surface area contributed by atoms with Crippen LogP contribution in [0.2, 0.25) is 39.3 Å². The fraction of sp³-hybridized carbons (Fsp3) is 0.333. The van der Waals surface area contributed by atoms with Crippen LogP contribution < -0.4 is 0 Å². The largest absolute Gasteiger partial charge is 0.259 e. The highest BCUT2D eigenvalue weighted by Gasteiger charge is 2.31. The van der Waals surface area contributed by atoms with Crippen LogP contribution in [0.3, 0.4) is 0 Å². The number of pyridine rings is 2. The molecule has 0 aromatic carbocycles. The van der Waals surface area contributed by atoms with Crippen molar-refractivity contribution in [1.82, 2.24) is 9.97 Å². The van der Waals surface area contributed by atoms with Crippen LogP contribution in [0.25, 0.3) is 6.08 Å². The first-order valence-electron chi connectivity index (χ1n) is 9.84. The first-order valence-corrected chi connectivity index (χ1v) is 19.7.